The largest absolute Gasteiger partial charge is 0.369 e. The van der Waals surface area contributed by atoms with E-state index < -0.39 is 0 Å². The maximum atomic E-state index is 14.1. The number of benzene rings is 2. The van der Waals surface area contributed by atoms with Gasteiger partial charge in [0.2, 0.25) is 5.95 Å². The van der Waals surface area contributed by atoms with E-state index in [1.807, 2.05) is 0 Å². The van der Waals surface area contributed by atoms with E-state index in [0.717, 1.165) is 0 Å². The van der Waals surface area contributed by atoms with Gasteiger partial charge < -0.3 is 5.73 Å². The van der Waals surface area contributed by atoms with E-state index in [2.05, 4.69) is 20.9 Å². The van der Waals surface area contributed by atoms with Crippen LogP contribution in [0.3, 0.4) is 0 Å². The summed E-state index contributed by atoms with van der Waals surface area (Å²) >= 11 is 9.31. The third-order valence-electron chi connectivity index (χ3n) is 2.80. The number of anilines is 1. The molecule has 1 heterocycles. The Bertz CT molecular complexity index is 765. The van der Waals surface area contributed by atoms with Crippen molar-refractivity contribution in [2.45, 2.75) is 0 Å². The maximum absolute atomic E-state index is 14.1. The fraction of sp³-hybridized carbons (Fsp3) is 0. The summed E-state index contributed by atoms with van der Waals surface area (Å²) < 4.78 is 16.2. The van der Waals surface area contributed by atoms with Crippen LogP contribution in [0.15, 0.2) is 40.9 Å². The Hall–Kier alpha value is -1.59. The first-order valence-electron chi connectivity index (χ1n) is 5.46. The second-order valence-corrected chi connectivity index (χ2v) is 5.30. The fourth-order valence-corrected chi connectivity index (χ4v) is 2.69. The monoisotopic (exact) mass is 339 g/mol. The predicted molar refractivity (Wildman–Crippen MR) is 78.2 cm³/mol. The Morgan fingerprint density at radius 1 is 1.26 bits per heavy atom. The number of imidazole rings is 1. The van der Waals surface area contributed by atoms with Crippen molar-refractivity contribution >= 4 is 44.5 Å². The van der Waals surface area contributed by atoms with Gasteiger partial charge in [-0.25, -0.2) is 9.37 Å². The summed E-state index contributed by atoms with van der Waals surface area (Å²) in [5.74, 6) is -0.177. The third kappa shape index (κ3) is 1.99. The number of rotatable bonds is 1. The first-order chi connectivity index (χ1) is 9.08. The zero-order valence-corrected chi connectivity index (χ0v) is 11.9. The molecule has 2 aromatic carbocycles. The van der Waals surface area contributed by atoms with Crippen LogP contribution >= 0.6 is 27.5 Å². The van der Waals surface area contributed by atoms with Gasteiger partial charge in [0.25, 0.3) is 0 Å². The van der Waals surface area contributed by atoms with Crippen molar-refractivity contribution in [3.05, 3.63) is 51.7 Å². The standard InChI is InChI=1S/C13H8BrClFN3/c14-8-2-1-3-9(16)12(8)19-11-6-7(15)4-5-10(11)18-13(19)17/h1-6H,(H2,17,18). The Kier molecular flexibility index (Phi) is 2.95. The molecular weight excluding hydrogens is 333 g/mol. The van der Waals surface area contributed by atoms with Gasteiger partial charge in [0, 0.05) is 9.50 Å². The number of nitrogens with two attached hydrogens (primary N) is 1. The smallest absolute Gasteiger partial charge is 0.206 e. The highest BCUT2D eigenvalue weighted by Crippen LogP contribution is 2.31. The van der Waals surface area contributed by atoms with Gasteiger partial charge in [0.05, 0.1) is 16.7 Å². The molecule has 0 radical (unpaired) electrons. The summed E-state index contributed by atoms with van der Waals surface area (Å²) in [5.41, 5.74) is 7.55. The van der Waals surface area contributed by atoms with Gasteiger partial charge >= 0.3 is 0 Å². The molecule has 0 aliphatic heterocycles. The Balaban J connectivity index is 2.42. The third-order valence-corrected chi connectivity index (χ3v) is 3.68. The zero-order chi connectivity index (χ0) is 13.6. The van der Waals surface area contributed by atoms with Crippen molar-refractivity contribution < 1.29 is 4.39 Å². The Labute approximate surface area is 121 Å². The molecule has 0 fully saturated rings. The van der Waals surface area contributed by atoms with Crippen LogP contribution < -0.4 is 5.73 Å². The number of fused-ring (bicyclic) bond motifs is 1. The minimum Gasteiger partial charge on any atom is -0.369 e. The number of aromatic nitrogens is 2. The van der Waals surface area contributed by atoms with E-state index in [4.69, 9.17) is 17.3 Å². The van der Waals surface area contributed by atoms with Crippen LogP contribution in [-0.2, 0) is 0 Å². The Morgan fingerprint density at radius 3 is 2.79 bits per heavy atom. The van der Waals surface area contributed by atoms with Gasteiger partial charge in [-0.2, -0.15) is 0 Å². The lowest BCUT2D eigenvalue weighted by Gasteiger charge is -2.10. The minimum absolute atomic E-state index is 0.211. The Morgan fingerprint density at radius 2 is 2.05 bits per heavy atom. The van der Waals surface area contributed by atoms with E-state index in [1.54, 1.807) is 34.9 Å². The lowest BCUT2D eigenvalue weighted by Crippen LogP contribution is -2.03. The lowest BCUT2D eigenvalue weighted by molar-refractivity contribution is 0.619. The normalized spacial score (nSPS) is 11.1. The maximum Gasteiger partial charge on any atom is 0.206 e. The zero-order valence-electron chi connectivity index (χ0n) is 9.57. The summed E-state index contributed by atoms with van der Waals surface area (Å²) in [6, 6.07) is 9.91. The van der Waals surface area contributed by atoms with Crippen LogP contribution in [-0.4, -0.2) is 9.55 Å². The molecule has 0 atom stereocenters. The number of hydrogen-bond acceptors (Lipinski definition) is 2. The highest BCUT2D eigenvalue weighted by atomic mass is 79.9. The van der Waals surface area contributed by atoms with Crippen molar-refractivity contribution in [1.29, 1.82) is 0 Å². The summed E-state index contributed by atoms with van der Waals surface area (Å²) in [5, 5.41) is 0.543. The molecule has 19 heavy (non-hydrogen) atoms. The molecule has 0 bridgehead atoms. The van der Waals surface area contributed by atoms with Gasteiger partial charge in [-0.15, -0.1) is 0 Å². The summed E-state index contributed by atoms with van der Waals surface area (Å²) in [4.78, 5) is 4.21. The van der Waals surface area contributed by atoms with Crippen LogP contribution in [0.2, 0.25) is 5.02 Å². The molecule has 0 aliphatic rings. The lowest BCUT2D eigenvalue weighted by atomic mass is 10.2. The van der Waals surface area contributed by atoms with E-state index in [9.17, 15) is 4.39 Å². The van der Waals surface area contributed by atoms with Gasteiger partial charge in [-0.3, -0.25) is 4.57 Å². The number of nitrogens with zero attached hydrogens (tertiary/aromatic N) is 2. The SMILES string of the molecule is Nc1nc2ccc(Cl)cc2n1-c1c(F)cccc1Br. The van der Waals surface area contributed by atoms with E-state index >= 15 is 0 Å². The molecule has 0 spiro atoms. The summed E-state index contributed by atoms with van der Waals surface area (Å²) in [6.07, 6.45) is 0. The molecule has 0 saturated carbocycles. The molecule has 6 heteroatoms. The number of para-hydroxylation sites is 1. The molecule has 0 unspecified atom stereocenters. The average Bonchev–Trinajstić information content (AvgIpc) is 2.66. The van der Waals surface area contributed by atoms with Crippen molar-refractivity contribution in [3.8, 4) is 5.69 Å². The molecular formula is C13H8BrClFN3. The van der Waals surface area contributed by atoms with Crippen molar-refractivity contribution in [1.82, 2.24) is 9.55 Å². The van der Waals surface area contributed by atoms with E-state index in [-0.39, 0.29) is 11.8 Å². The molecule has 0 aliphatic carbocycles. The second kappa shape index (κ2) is 4.51. The van der Waals surface area contributed by atoms with Crippen molar-refractivity contribution in [2.75, 3.05) is 5.73 Å². The highest BCUT2D eigenvalue weighted by molar-refractivity contribution is 9.10. The van der Waals surface area contributed by atoms with Crippen molar-refractivity contribution in [3.63, 3.8) is 0 Å². The highest BCUT2D eigenvalue weighted by Gasteiger charge is 2.16. The van der Waals surface area contributed by atoms with Crippen LogP contribution in [0, 0.1) is 5.82 Å². The first kappa shape index (κ1) is 12.4. The minimum atomic E-state index is -0.389. The quantitative estimate of drug-likeness (QED) is 0.723. The first-order valence-corrected chi connectivity index (χ1v) is 6.63. The summed E-state index contributed by atoms with van der Waals surface area (Å²) in [7, 11) is 0. The molecule has 3 nitrogen and oxygen atoms in total. The summed E-state index contributed by atoms with van der Waals surface area (Å²) in [6.45, 7) is 0. The molecule has 0 saturated heterocycles. The van der Waals surface area contributed by atoms with Crippen LogP contribution in [0.5, 0.6) is 0 Å². The fourth-order valence-electron chi connectivity index (χ4n) is 2.00. The number of hydrogen-bond donors (Lipinski definition) is 1. The molecule has 2 N–H and O–H groups in total. The van der Waals surface area contributed by atoms with Crippen LogP contribution in [0.1, 0.15) is 0 Å². The van der Waals surface area contributed by atoms with Crippen molar-refractivity contribution in [2.24, 2.45) is 0 Å². The molecule has 0 amide bonds. The van der Waals surface area contributed by atoms with Gasteiger partial charge in [0.15, 0.2) is 0 Å². The number of nitrogen functional groups attached to an aromatic ring is 1. The van der Waals surface area contributed by atoms with E-state index in [0.29, 0.717) is 26.2 Å². The van der Waals surface area contributed by atoms with Gasteiger partial charge in [-0.1, -0.05) is 17.7 Å². The predicted octanol–water partition coefficient (Wildman–Crippen LogP) is 4.16. The molecule has 96 valence electrons. The van der Waals surface area contributed by atoms with Gasteiger partial charge in [0.1, 0.15) is 5.82 Å². The molecule has 3 rings (SSSR count). The number of halogens is 3. The molecule has 3 aromatic rings. The van der Waals surface area contributed by atoms with Crippen LogP contribution in [0.25, 0.3) is 16.7 Å². The van der Waals surface area contributed by atoms with E-state index in [1.165, 1.54) is 6.07 Å². The second-order valence-electron chi connectivity index (χ2n) is 4.01. The van der Waals surface area contributed by atoms with Gasteiger partial charge in [-0.05, 0) is 46.3 Å². The van der Waals surface area contributed by atoms with Crippen LogP contribution in [0.4, 0.5) is 10.3 Å². The average molecular weight is 341 g/mol. The topological polar surface area (TPSA) is 43.8 Å². The molecule has 1 aromatic heterocycles.